The molecule has 0 unspecified atom stereocenters. The SMILES string of the molecule is NCCN.O=C([O-])CCCCCCCCC(=O)[O-].[Zn+2]. The normalized spacial score (nSPS) is 8.95. The number of carboxylic acids is 2. The second-order valence-electron chi connectivity index (χ2n) is 3.94. The molecule has 0 aromatic carbocycles. The van der Waals surface area contributed by atoms with Crippen LogP contribution in [-0.4, -0.2) is 25.0 Å². The number of carbonyl (C=O) groups is 2. The third-order valence-electron chi connectivity index (χ3n) is 2.18. The maximum atomic E-state index is 10.0. The predicted octanol–water partition coefficient (Wildman–Crippen LogP) is -1.49. The first-order valence-corrected chi connectivity index (χ1v) is 6.34. The zero-order chi connectivity index (χ0) is 14.2. The Bertz CT molecular complexity index is 194. The molecular weight excluding hydrogens is 302 g/mol. The fraction of sp³-hybridized carbons (Fsp3) is 0.833. The van der Waals surface area contributed by atoms with Crippen molar-refractivity contribution in [3.63, 3.8) is 0 Å². The molecule has 7 heteroatoms. The van der Waals surface area contributed by atoms with Gasteiger partial charge in [0.05, 0.1) is 0 Å². The summed E-state index contributed by atoms with van der Waals surface area (Å²) in [6.07, 6.45) is 5.23. The van der Waals surface area contributed by atoms with E-state index >= 15 is 0 Å². The Morgan fingerprint density at radius 3 is 1.16 bits per heavy atom. The maximum Gasteiger partial charge on any atom is 2.00 e. The summed E-state index contributed by atoms with van der Waals surface area (Å²) >= 11 is 0. The molecule has 0 heterocycles. The zero-order valence-corrected chi connectivity index (χ0v) is 14.5. The van der Waals surface area contributed by atoms with Gasteiger partial charge in [0.25, 0.3) is 0 Å². The van der Waals surface area contributed by atoms with E-state index in [0.717, 1.165) is 25.7 Å². The van der Waals surface area contributed by atoms with Crippen LogP contribution in [0.4, 0.5) is 0 Å². The average Bonchev–Trinajstić information content (AvgIpc) is 2.32. The van der Waals surface area contributed by atoms with Gasteiger partial charge in [-0.1, -0.05) is 25.7 Å². The third kappa shape index (κ3) is 31.8. The first kappa shape index (κ1) is 23.6. The summed E-state index contributed by atoms with van der Waals surface area (Å²) in [4.78, 5) is 20.1. The number of rotatable bonds is 10. The van der Waals surface area contributed by atoms with E-state index in [1.165, 1.54) is 0 Å². The van der Waals surface area contributed by atoms with Crippen molar-refractivity contribution in [3.05, 3.63) is 0 Å². The molecule has 6 nitrogen and oxygen atoms in total. The molecule has 0 aromatic rings. The molecule has 0 amide bonds. The van der Waals surface area contributed by atoms with Crippen molar-refractivity contribution in [1.29, 1.82) is 0 Å². The summed E-state index contributed by atoms with van der Waals surface area (Å²) in [5.74, 6) is -2.00. The summed E-state index contributed by atoms with van der Waals surface area (Å²) in [6.45, 7) is 1.19. The molecule has 0 fully saturated rings. The van der Waals surface area contributed by atoms with E-state index in [2.05, 4.69) is 0 Å². The number of aliphatic carboxylic acids is 2. The van der Waals surface area contributed by atoms with Crippen LogP contribution in [0.3, 0.4) is 0 Å². The molecule has 0 saturated carbocycles. The summed E-state index contributed by atoms with van der Waals surface area (Å²) in [7, 11) is 0. The van der Waals surface area contributed by atoms with Crippen LogP contribution in [0.1, 0.15) is 51.4 Å². The van der Waals surface area contributed by atoms with Crippen LogP contribution in [0.15, 0.2) is 0 Å². The van der Waals surface area contributed by atoms with Crippen molar-refractivity contribution >= 4 is 11.9 Å². The summed E-state index contributed by atoms with van der Waals surface area (Å²) in [5, 5.41) is 20.1. The van der Waals surface area contributed by atoms with Gasteiger partial charge in [0.15, 0.2) is 0 Å². The van der Waals surface area contributed by atoms with Gasteiger partial charge in [-0.2, -0.15) is 0 Å². The van der Waals surface area contributed by atoms with Crippen LogP contribution in [0.5, 0.6) is 0 Å². The van der Waals surface area contributed by atoms with Gasteiger partial charge in [0.2, 0.25) is 0 Å². The minimum absolute atomic E-state index is 0. The Morgan fingerprint density at radius 1 is 0.684 bits per heavy atom. The van der Waals surface area contributed by atoms with E-state index in [1.807, 2.05) is 0 Å². The van der Waals surface area contributed by atoms with Crippen molar-refractivity contribution in [2.45, 2.75) is 51.4 Å². The Labute approximate surface area is 127 Å². The van der Waals surface area contributed by atoms with Crippen LogP contribution in [0.2, 0.25) is 0 Å². The van der Waals surface area contributed by atoms with Gasteiger partial charge in [-0.25, -0.2) is 0 Å². The summed E-state index contributed by atoms with van der Waals surface area (Å²) in [6, 6.07) is 0. The van der Waals surface area contributed by atoms with E-state index in [0.29, 0.717) is 25.9 Å². The maximum absolute atomic E-state index is 10.0. The number of hydrogen-bond donors (Lipinski definition) is 2. The van der Waals surface area contributed by atoms with E-state index < -0.39 is 11.9 Å². The van der Waals surface area contributed by atoms with Crippen molar-refractivity contribution in [1.82, 2.24) is 0 Å². The van der Waals surface area contributed by atoms with E-state index in [9.17, 15) is 19.8 Å². The Balaban J connectivity index is -0.000000448. The molecule has 108 valence electrons. The van der Waals surface area contributed by atoms with E-state index in [-0.39, 0.29) is 32.3 Å². The molecule has 0 radical (unpaired) electrons. The van der Waals surface area contributed by atoms with Crippen LogP contribution in [0, 0.1) is 0 Å². The van der Waals surface area contributed by atoms with Gasteiger partial charge in [0, 0.05) is 25.0 Å². The van der Waals surface area contributed by atoms with Crippen molar-refractivity contribution < 1.29 is 39.3 Å². The quantitative estimate of drug-likeness (QED) is 0.371. The summed E-state index contributed by atoms with van der Waals surface area (Å²) < 4.78 is 0. The van der Waals surface area contributed by atoms with Gasteiger partial charge in [-0.05, 0) is 25.7 Å². The van der Waals surface area contributed by atoms with Crippen molar-refractivity contribution in [2.75, 3.05) is 13.1 Å². The summed E-state index contributed by atoms with van der Waals surface area (Å²) in [5.41, 5.74) is 9.81. The van der Waals surface area contributed by atoms with Gasteiger partial charge in [-0.15, -0.1) is 0 Å². The van der Waals surface area contributed by atoms with Gasteiger partial charge in [-0.3, -0.25) is 0 Å². The molecule has 0 aromatic heterocycles. The first-order chi connectivity index (χ1) is 8.54. The first-order valence-electron chi connectivity index (χ1n) is 6.34. The van der Waals surface area contributed by atoms with E-state index in [1.54, 1.807) is 0 Å². The monoisotopic (exact) mass is 324 g/mol. The third-order valence-corrected chi connectivity index (χ3v) is 2.18. The smallest absolute Gasteiger partial charge is 0.550 e. The Kier molecular flexibility index (Phi) is 24.6. The molecule has 0 saturated heterocycles. The molecule has 0 aliphatic heterocycles. The van der Waals surface area contributed by atoms with Crippen LogP contribution in [-0.2, 0) is 29.1 Å². The number of unbranched alkanes of at least 4 members (excludes halogenated alkanes) is 5. The largest absolute Gasteiger partial charge is 2.00 e. The minimum Gasteiger partial charge on any atom is -0.550 e. The fourth-order valence-electron chi connectivity index (χ4n) is 1.25. The molecule has 0 aliphatic rings. The van der Waals surface area contributed by atoms with E-state index in [4.69, 9.17) is 11.5 Å². The molecule has 0 aliphatic carbocycles. The van der Waals surface area contributed by atoms with Gasteiger partial charge >= 0.3 is 19.5 Å². The van der Waals surface area contributed by atoms with Crippen molar-refractivity contribution in [2.24, 2.45) is 11.5 Å². The fourth-order valence-corrected chi connectivity index (χ4v) is 1.25. The van der Waals surface area contributed by atoms with Crippen LogP contribution < -0.4 is 21.7 Å². The van der Waals surface area contributed by atoms with Crippen LogP contribution in [0.25, 0.3) is 0 Å². The average molecular weight is 326 g/mol. The minimum atomic E-state index is -0.998. The zero-order valence-electron chi connectivity index (χ0n) is 11.6. The topological polar surface area (TPSA) is 132 Å². The molecule has 0 spiro atoms. The predicted molar refractivity (Wildman–Crippen MR) is 65.1 cm³/mol. The molecule has 4 N–H and O–H groups in total. The molecule has 0 bridgehead atoms. The number of carboxylic acid groups (broad SMARTS) is 2. The number of hydrogen-bond acceptors (Lipinski definition) is 6. The van der Waals surface area contributed by atoms with Crippen LogP contribution >= 0.6 is 0 Å². The second kappa shape index (κ2) is 19.8. The number of nitrogens with two attached hydrogens (primary N) is 2. The number of carbonyl (C=O) groups excluding carboxylic acids is 2. The second-order valence-corrected chi connectivity index (χ2v) is 3.94. The van der Waals surface area contributed by atoms with Gasteiger partial charge in [0.1, 0.15) is 0 Å². The van der Waals surface area contributed by atoms with Crippen molar-refractivity contribution in [3.8, 4) is 0 Å². The standard InChI is InChI=1S/C10H18O4.C2H8N2.Zn/c11-9(12)7-5-3-1-2-4-6-8-10(13)14;3-1-2-4;/h1-8H2,(H,11,12)(H,13,14);1-4H2;/q;;+2/p-2. The molecule has 0 atom stereocenters. The van der Waals surface area contributed by atoms with Gasteiger partial charge < -0.3 is 31.3 Å². The molecule has 0 rings (SSSR count). The molecule has 19 heavy (non-hydrogen) atoms. The Hall–Kier alpha value is -0.517. The molecular formula is C12H24N2O4Zn. The Morgan fingerprint density at radius 2 is 0.947 bits per heavy atom.